The Hall–Kier alpha value is -1.07. The van der Waals surface area contributed by atoms with Crippen molar-refractivity contribution in [2.24, 2.45) is 0 Å². The number of anilines is 1. The molecule has 2 N–H and O–H groups in total. The lowest BCUT2D eigenvalue weighted by atomic mass is 10.1. The van der Waals surface area contributed by atoms with Crippen LogP contribution in [0.2, 0.25) is 0 Å². The molecule has 0 fully saturated rings. The van der Waals surface area contributed by atoms with Crippen LogP contribution in [0.3, 0.4) is 0 Å². The highest BCUT2D eigenvalue weighted by atomic mass is 32.2. The molecular weight excluding hydrogens is 202 g/mol. The molecule has 0 aliphatic carbocycles. The molecule has 1 rings (SSSR count). The van der Waals surface area contributed by atoms with E-state index in [1.165, 1.54) is 0 Å². The van der Waals surface area contributed by atoms with E-state index >= 15 is 0 Å². The summed E-state index contributed by atoms with van der Waals surface area (Å²) in [6.45, 7) is 3.70. The molecule has 0 bridgehead atoms. The maximum atomic E-state index is 10.7. The Kier molecular flexibility index (Phi) is 3.13. The Bertz CT molecular complexity index is 426. The van der Waals surface area contributed by atoms with Crippen LogP contribution in [0.25, 0.3) is 0 Å². The smallest absolute Gasteiger partial charge is 0.269 e. The maximum Gasteiger partial charge on any atom is 0.357 e. The van der Waals surface area contributed by atoms with Gasteiger partial charge in [0.25, 0.3) is 0 Å². The molecule has 78 valence electrons. The van der Waals surface area contributed by atoms with Crippen LogP contribution in [0.5, 0.6) is 0 Å². The van der Waals surface area contributed by atoms with Crippen LogP contribution in [-0.2, 0) is 16.7 Å². The van der Waals surface area contributed by atoms with Gasteiger partial charge in [0.15, 0.2) is 0 Å². The van der Waals surface area contributed by atoms with Crippen molar-refractivity contribution in [3.8, 4) is 0 Å². The van der Waals surface area contributed by atoms with Gasteiger partial charge in [-0.05, 0) is 24.5 Å². The minimum absolute atomic E-state index is 0.470. The lowest BCUT2D eigenvalue weighted by Crippen LogP contribution is -2.13. The number of hydrogen-bond donors (Lipinski definition) is 2. The van der Waals surface area contributed by atoms with Gasteiger partial charge in [-0.15, -0.1) is 0 Å². The Labute approximate surface area is 83.8 Å². The molecule has 0 radical (unpaired) electrons. The zero-order chi connectivity index (χ0) is 10.8. The molecular formula is C9H13NO3S. The summed E-state index contributed by atoms with van der Waals surface area (Å²) in [6.07, 6.45) is 0.708. The van der Waals surface area contributed by atoms with E-state index in [2.05, 4.69) is 4.72 Å². The summed E-state index contributed by atoms with van der Waals surface area (Å²) in [7, 11) is -4.18. The molecule has 5 heteroatoms. The van der Waals surface area contributed by atoms with Gasteiger partial charge in [0.1, 0.15) is 0 Å². The van der Waals surface area contributed by atoms with E-state index in [1.807, 2.05) is 19.1 Å². The van der Waals surface area contributed by atoms with E-state index in [9.17, 15) is 8.42 Å². The SMILES string of the molecule is CCc1cccc(C)c1NS(=O)(=O)O. The molecule has 0 saturated heterocycles. The Balaban J connectivity index is 3.18. The van der Waals surface area contributed by atoms with Crippen LogP contribution in [0.15, 0.2) is 18.2 Å². The largest absolute Gasteiger partial charge is 0.357 e. The van der Waals surface area contributed by atoms with Crippen molar-refractivity contribution < 1.29 is 13.0 Å². The van der Waals surface area contributed by atoms with Crippen molar-refractivity contribution in [3.05, 3.63) is 29.3 Å². The topological polar surface area (TPSA) is 66.4 Å². The van der Waals surface area contributed by atoms with Crippen molar-refractivity contribution in [1.82, 2.24) is 0 Å². The lowest BCUT2D eigenvalue weighted by Gasteiger charge is -2.10. The average Bonchev–Trinajstić information content (AvgIpc) is 2.06. The van der Waals surface area contributed by atoms with Crippen molar-refractivity contribution in [2.75, 3.05) is 4.72 Å². The number of benzene rings is 1. The number of rotatable bonds is 3. The molecule has 0 saturated carbocycles. The summed E-state index contributed by atoms with van der Waals surface area (Å²) < 4.78 is 32.1. The number of hydrogen-bond acceptors (Lipinski definition) is 2. The molecule has 0 aromatic heterocycles. The summed E-state index contributed by atoms with van der Waals surface area (Å²) in [5.41, 5.74) is 2.13. The normalized spacial score (nSPS) is 11.4. The highest BCUT2D eigenvalue weighted by molar-refractivity contribution is 7.87. The highest BCUT2D eigenvalue weighted by Crippen LogP contribution is 2.21. The molecule has 1 aromatic carbocycles. The van der Waals surface area contributed by atoms with E-state index in [4.69, 9.17) is 4.55 Å². The number of aryl methyl sites for hydroxylation is 2. The fourth-order valence-corrected chi connectivity index (χ4v) is 1.85. The minimum atomic E-state index is -4.18. The molecule has 14 heavy (non-hydrogen) atoms. The van der Waals surface area contributed by atoms with Crippen molar-refractivity contribution >= 4 is 16.0 Å². The van der Waals surface area contributed by atoms with Gasteiger partial charge in [-0.1, -0.05) is 25.1 Å². The quantitative estimate of drug-likeness (QED) is 0.755. The standard InChI is InChI=1S/C9H13NO3S/c1-3-8-6-4-5-7(2)9(8)10-14(11,12)13/h4-6,10H,3H2,1-2H3,(H,11,12,13). The summed E-state index contributed by atoms with van der Waals surface area (Å²) >= 11 is 0. The predicted octanol–water partition coefficient (Wildman–Crippen LogP) is 1.77. The first-order chi connectivity index (χ1) is 6.44. The molecule has 0 heterocycles. The molecule has 0 unspecified atom stereocenters. The minimum Gasteiger partial charge on any atom is -0.269 e. The molecule has 1 aromatic rings. The third-order valence-corrected chi connectivity index (χ3v) is 2.43. The zero-order valence-electron chi connectivity index (χ0n) is 8.11. The monoisotopic (exact) mass is 215 g/mol. The summed E-state index contributed by atoms with van der Waals surface area (Å²) in [5.74, 6) is 0. The second kappa shape index (κ2) is 3.98. The molecule has 0 atom stereocenters. The van der Waals surface area contributed by atoms with Crippen LogP contribution in [0.1, 0.15) is 18.1 Å². The molecule has 0 aliphatic heterocycles. The summed E-state index contributed by atoms with van der Waals surface area (Å²) in [5, 5.41) is 0. The van der Waals surface area contributed by atoms with Crippen molar-refractivity contribution in [2.45, 2.75) is 20.3 Å². The van der Waals surface area contributed by atoms with E-state index < -0.39 is 10.3 Å². The van der Waals surface area contributed by atoms with E-state index in [0.717, 1.165) is 11.1 Å². The molecule has 0 amide bonds. The number of nitrogens with one attached hydrogen (secondary N) is 1. The van der Waals surface area contributed by atoms with E-state index in [-0.39, 0.29) is 0 Å². The van der Waals surface area contributed by atoms with Crippen LogP contribution in [0, 0.1) is 6.92 Å². The summed E-state index contributed by atoms with van der Waals surface area (Å²) in [4.78, 5) is 0. The Morgan fingerprint density at radius 1 is 1.43 bits per heavy atom. The van der Waals surface area contributed by atoms with Crippen LogP contribution < -0.4 is 4.72 Å². The van der Waals surface area contributed by atoms with E-state index in [1.54, 1.807) is 13.0 Å². The fraction of sp³-hybridized carbons (Fsp3) is 0.333. The van der Waals surface area contributed by atoms with Crippen LogP contribution in [-0.4, -0.2) is 13.0 Å². The van der Waals surface area contributed by atoms with Gasteiger partial charge in [-0.2, -0.15) is 8.42 Å². The highest BCUT2D eigenvalue weighted by Gasteiger charge is 2.09. The van der Waals surface area contributed by atoms with Crippen molar-refractivity contribution in [3.63, 3.8) is 0 Å². The predicted molar refractivity (Wildman–Crippen MR) is 55.7 cm³/mol. The van der Waals surface area contributed by atoms with Gasteiger partial charge in [-0.25, -0.2) is 0 Å². The van der Waals surface area contributed by atoms with Gasteiger partial charge in [-0.3, -0.25) is 9.27 Å². The first-order valence-corrected chi connectivity index (χ1v) is 5.71. The zero-order valence-corrected chi connectivity index (χ0v) is 8.93. The second-order valence-corrected chi connectivity index (χ2v) is 4.19. The first kappa shape index (κ1) is 11.0. The van der Waals surface area contributed by atoms with Gasteiger partial charge < -0.3 is 0 Å². The van der Waals surface area contributed by atoms with Crippen LogP contribution in [0.4, 0.5) is 5.69 Å². The van der Waals surface area contributed by atoms with Gasteiger partial charge in [0, 0.05) is 0 Å². The first-order valence-electron chi connectivity index (χ1n) is 4.27. The second-order valence-electron chi connectivity index (χ2n) is 3.04. The van der Waals surface area contributed by atoms with Gasteiger partial charge in [0.05, 0.1) is 5.69 Å². The fourth-order valence-electron chi connectivity index (χ4n) is 1.30. The molecule has 0 aliphatic rings. The Morgan fingerprint density at radius 2 is 2.07 bits per heavy atom. The maximum absolute atomic E-state index is 10.7. The summed E-state index contributed by atoms with van der Waals surface area (Å²) in [6, 6.07) is 5.45. The average molecular weight is 215 g/mol. The Morgan fingerprint density at radius 3 is 2.57 bits per heavy atom. The van der Waals surface area contributed by atoms with Gasteiger partial charge >= 0.3 is 10.3 Å². The van der Waals surface area contributed by atoms with Gasteiger partial charge in [0.2, 0.25) is 0 Å². The van der Waals surface area contributed by atoms with E-state index in [0.29, 0.717) is 12.1 Å². The lowest BCUT2D eigenvalue weighted by molar-refractivity contribution is 0.489. The van der Waals surface area contributed by atoms with Crippen LogP contribution >= 0.6 is 0 Å². The molecule has 0 spiro atoms. The van der Waals surface area contributed by atoms with Crippen molar-refractivity contribution in [1.29, 1.82) is 0 Å². The number of para-hydroxylation sites is 1. The molecule has 4 nitrogen and oxygen atoms in total. The third-order valence-electron chi connectivity index (χ3n) is 1.97. The third kappa shape index (κ3) is 2.71.